The van der Waals surface area contributed by atoms with Crippen LogP contribution in [0.3, 0.4) is 0 Å². The lowest BCUT2D eigenvalue weighted by Crippen LogP contribution is -2.43. The number of amides is 2. The first-order valence-corrected chi connectivity index (χ1v) is 10.7. The summed E-state index contributed by atoms with van der Waals surface area (Å²) >= 11 is 0. The zero-order valence-electron chi connectivity index (χ0n) is 17.6. The van der Waals surface area contributed by atoms with Gasteiger partial charge in [-0.1, -0.05) is 60.7 Å². The first-order valence-electron chi connectivity index (χ1n) is 10.7. The molecule has 1 aliphatic rings. The van der Waals surface area contributed by atoms with Crippen molar-refractivity contribution in [1.82, 2.24) is 10.2 Å². The van der Waals surface area contributed by atoms with E-state index in [1.807, 2.05) is 66.4 Å². The number of likely N-dealkylation sites (tertiary alicyclic amines) is 1. The molecule has 0 spiro atoms. The summed E-state index contributed by atoms with van der Waals surface area (Å²) in [6, 6.07) is 21.9. The number of hydrogen-bond donors (Lipinski definition) is 1. The van der Waals surface area contributed by atoms with Gasteiger partial charge in [-0.3, -0.25) is 9.59 Å². The first kappa shape index (κ1) is 20.1. The van der Waals surface area contributed by atoms with Crippen molar-refractivity contribution in [2.45, 2.75) is 32.7 Å². The van der Waals surface area contributed by atoms with Crippen LogP contribution in [0.4, 0.5) is 0 Å². The van der Waals surface area contributed by atoms with Crippen LogP contribution in [-0.4, -0.2) is 29.8 Å². The van der Waals surface area contributed by atoms with Crippen molar-refractivity contribution in [2.24, 2.45) is 5.92 Å². The minimum Gasteiger partial charge on any atom is -0.349 e. The molecule has 3 aromatic rings. The van der Waals surface area contributed by atoms with E-state index in [0.717, 1.165) is 21.9 Å². The zero-order chi connectivity index (χ0) is 21.1. The lowest BCUT2D eigenvalue weighted by atomic mass is 9.94. The molecule has 4 rings (SSSR count). The average Bonchev–Trinajstić information content (AvgIpc) is 2.78. The highest BCUT2D eigenvalue weighted by atomic mass is 16.2. The predicted molar refractivity (Wildman–Crippen MR) is 120 cm³/mol. The molecule has 4 nitrogen and oxygen atoms in total. The number of benzene rings is 3. The number of hydrogen-bond acceptors (Lipinski definition) is 2. The fraction of sp³-hybridized carbons (Fsp3) is 0.308. The van der Waals surface area contributed by atoms with E-state index < -0.39 is 0 Å². The van der Waals surface area contributed by atoms with Gasteiger partial charge in [0.2, 0.25) is 5.91 Å². The predicted octanol–water partition coefficient (Wildman–Crippen LogP) is 4.88. The van der Waals surface area contributed by atoms with Gasteiger partial charge in [-0.2, -0.15) is 0 Å². The smallest absolute Gasteiger partial charge is 0.254 e. The Kier molecular flexibility index (Phi) is 5.84. The second-order valence-electron chi connectivity index (χ2n) is 8.18. The summed E-state index contributed by atoms with van der Waals surface area (Å²) < 4.78 is 0. The van der Waals surface area contributed by atoms with E-state index in [0.29, 0.717) is 25.9 Å². The molecule has 30 heavy (non-hydrogen) atoms. The van der Waals surface area contributed by atoms with Crippen LogP contribution in [-0.2, 0) is 4.79 Å². The van der Waals surface area contributed by atoms with E-state index in [2.05, 4.69) is 24.4 Å². The molecule has 1 aliphatic heterocycles. The van der Waals surface area contributed by atoms with E-state index in [9.17, 15) is 9.59 Å². The second kappa shape index (κ2) is 8.70. The molecule has 1 heterocycles. The number of nitrogens with zero attached hydrogens (tertiary/aromatic N) is 1. The summed E-state index contributed by atoms with van der Waals surface area (Å²) in [6.07, 6.45) is 1.39. The summed E-state index contributed by atoms with van der Waals surface area (Å²) in [7, 11) is 0. The summed E-state index contributed by atoms with van der Waals surface area (Å²) in [5.41, 5.74) is 3.07. The Labute approximate surface area is 177 Å². The van der Waals surface area contributed by atoms with E-state index >= 15 is 0 Å². The van der Waals surface area contributed by atoms with Gasteiger partial charge in [0.25, 0.3) is 5.91 Å². The summed E-state index contributed by atoms with van der Waals surface area (Å²) in [5.74, 6) is 0.0926. The number of nitrogens with one attached hydrogen (secondary N) is 1. The normalized spacial score (nSPS) is 15.7. The number of aryl methyl sites for hydroxylation is 1. The SMILES string of the molecule is Cc1ccccc1[C@@H](C)NC(=O)C1CCN(C(=O)c2cccc3ccccc23)CC1. The molecule has 4 heteroatoms. The molecule has 1 saturated heterocycles. The Morgan fingerprint density at radius 2 is 1.60 bits per heavy atom. The summed E-state index contributed by atoms with van der Waals surface area (Å²) in [4.78, 5) is 27.8. The highest BCUT2D eigenvalue weighted by Crippen LogP contribution is 2.25. The topological polar surface area (TPSA) is 49.4 Å². The largest absolute Gasteiger partial charge is 0.349 e. The third-order valence-corrected chi connectivity index (χ3v) is 6.19. The maximum absolute atomic E-state index is 13.1. The van der Waals surface area contributed by atoms with E-state index in [4.69, 9.17) is 0 Å². The Bertz CT molecular complexity index is 1060. The van der Waals surface area contributed by atoms with Crippen molar-refractivity contribution < 1.29 is 9.59 Å². The first-order chi connectivity index (χ1) is 14.5. The van der Waals surface area contributed by atoms with Crippen molar-refractivity contribution >= 4 is 22.6 Å². The quantitative estimate of drug-likeness (QED) is 0.679. The van der Waals surface area contributed by atoms with Gasteiger partial charge in [-0.25, -0.2) is 0 Å². The molecule has 154 valence electrons. The van der Waals surface area contributed by atoms with Crippen molar-refractivity contribution in [1.29, 1.82) is 0 Å². The molecule has 2 amide bonds. The fourth-order valence-corrected chi connectivity index (χ4v) is 4.41. The van der Waals surface area contributed by atoms with Gasteiger partial charge < -0.3 is 10.2 Å². The van der Waals surface area contributed by atoms with Gasteiger partial charge >= 0.3 is 0 Å². The number of piperidine rings is 1. The molecular formula is C26H28N2O2. The Hall–Kier alpha value is -3.14. The Balaban J connectivity index is 1.38. The van der Waals surface area contributed by atoms with Gasteiger partial charge in [0.05, 0.1) is 6.04 Å². The van der Waals surface area contributed by atoms with Crippen molar-refractivity contribution in [3.05, 3.63) is 83.4 Å². The van der Waals surface area contributed by atoms with Gasteiger partial charge in [0.1, 0.15) is 0 Å². The van der Waals surface area contributed by atoms with E-state index in [1.165, 1.54) is 5.56 Å². The number of fused-ring (bicyclic) bond motifs is 1. The number of rotatable bonds is 4. The minimum absolute atomic E-state index is 0.0194. The van der Waals surface area contributed by atoms with Crippen LogP contribution in [0.5, 0.6) is 0 Å². The summed E-state index contributed by atoms with van der Waals surface area (Å²) in [6.45, 7) is 5.31. The molecule has 0 aliphatic carbocycles. The Morgan fingerprint density at radius 1 is 0.933 bits per heavy atom. The summed E-state index contributed by atoms with van der Waals surface area (Å²) in [5, 5.41) is 5.22. The van der Waals surface area contributed by atoms with E-state index in [-0.39, 0.29) is 23.8 Å². The maximum Gasteiger partial charge on any atom is 0.254 e. The molecule has 0 aromatic heterocycles. The zero-order valence-corrected chi connectivity index (χ0v) is 17.6. The van der Waals surface area contributed by atoms with Crippen molar-refractivity contribution in [3.63, 3.8) is 0 Å². The molecule has 0 unspecified atom stereocenters. The molecule has 0 radical (unpaired) electrons. The van der Waals surface area contributed by atoms with Gasteiger partial charge in [0.15, 0.2) is 0 Å². The molecule has 0 bridgehead atoms. The molecule has 1 fully saturated rings. The van der Waals surface area contributed by atoms with Crippen LogP contribution >= 0.6 is 0 Å². The maximum atomic E-state index is 13.1. The monoisotopic (exact) mass is 400 g/mol. The van der Waals surface area contributed by atoms with Crippen LogP contribution in [0.15, 0.2) is 66.7 Å². The van der Waals surface area contributed by atoms with Gasteiger partial charge in [-0.15, -0.1) is 0 Å². The Morgan fingerprint density at radius 3 is 2.37 bits per heavy atom. The third-order valence-electron chi connectivity index (χ3n) is 6.19. The second-order valence-corrected chi connectivity index (χ2v) is 8.18. The minimum atomic E-state index is -0.0481. The molecule has 1 atom stereocenters. The highest BCUT2D eigenvalue weighted by molar-refractivity contribution is 6.07. The lowest BCUT2D eigenvalue weighted by Gasteiger charge is -2.32. The van der Waals surface area contributed by atoms with Crippen LogP contribution in [0.1, 0.15) is 47.3 Å². The lowest BCUT2D eigenvalue weighted by molar-refractivity contribution is -0.127. The third kappa shape index (κ3) is 4.09. The van der Waals surface area contributed by atoms with Crippen LogP contribution in [0.25, 0.3) is 10.8 Å². The van der Waals surface area contributed by atoms with Crippen LogP contribution in [0, 0.1) is 12.8 Å². The molecule has 3 aromatic carbocycles. The highest BCUT2D eigenvalue weighted by Gasteiger charge is 2.29. The van der Waals surface area contributed by atoms with Gasteiger partial charge in [-0.05, 0) is 54.7 Å². The average molecular weight is 401 g/mol. The fourth-order valence-electron chi connectivity index (χ4n) is 4.41. The standard InChI is InChI=1S/C26H28N2O2/c1-18-8-3-5-11-22(18)19(2)27-25(29)21-14-16-28(17-15-21)26(30)24-13-7-10-20-9-4-6-12-23(20)24/h3-13,19,21H,14-17H2,1-2H3,(H,27,29)/t19-/m1/s1. The number of carbonyl (C=O) groups is 2. The van der Waals surface area contributed by atoms with Crippen molar-refractivity contribution in [2.75, 3.05) is 13.1 Å². The molecular weight excluding hydrogens is 372 g/mol. The van der Waals surface area contributed by atoms with Crippen LogP contribution in [0.2, 0.25) is 0 Å². The molecule has 1 N–H and O–H groups in total. The van der Waals surface area contributed by atoms with E-state index in [1.54, 1.807) is 0 Å². The molecule has 0 saturated carbocycles. The van der Waals surface area contributed by atoms with Crippen LogP contribution < -0.4 is 5.32 Å². The van der Waals surface area contributed by atoms with Gasteiger partial charge in [0, 0.05) is 24.6 Å². The van der Waals surface area contributed by atoms with Crippen molar-refractivity contribution in [3.8, 4) is 0 Å². The number of carbonyl (C=O) groups excluding carboxylic acids is 2.